The second-order valence-corrected chi connectivity index (χ2v) is 7.59. The van der Waals surface area contributed by atoms with Gasteiger partial charge in [0.2, 0.25) is 0 Å². The van der Waals surface area contributed by atoms with Gasteiger partial charge in [0.25, 0.3) is 5.56 Å². The molecule has 4 atom stereocenters. The number of aromatic amines is 1. The topological polar surface area (TPSA) is 103 Å². The molecule has 8 heteroatoms. The Bertz CT molecular complexity index is 773. The third-order valence-electron chi connectivity index (χ3n) is 5.17. The Morgan fingerprint density at radius 3 is 2.66 bits per heavy atom. The molecule has 0 aliphatic carbocycles. The minimum atomic E-state index is -1.11. The Hall–Kier alpha value is -1.74. The summed E-state index contributed by atoms with van der Waals surface area (Å²) >= 11 is 0. The van der Waals surface area contributed by atoms with Crippen LogP contribution in [0.3, 0.4) is 0 Å². The zero-order chi connectivity index (χ0) is 21.4. The summed E-state index contributed by atoms with van der Waals surface area (Å²) < 4.78 is 19.4. The number of unbranched alkanes of at least 4 members (excludes halogenated alkanes) is 2. The van der Waals surface area contributed by atoms with E-state index >= 15 is 0 Å². The first-order valence-corrected chi connectivity index (χ1v) is 10.4. The minimum Gasteiger partial charge on any atom is -0.386 e. The monoisotopic (exact) mass is 410 g/mol. The summed E-state index contributed by atoms with van der Waals surface area (Å²) in [6.45, 7) is 10.8. The highest BCUT2D eigenvalue weighted by Gasteiger charge is 2.56. The van der Waals surface area contributed by atoms with Gasteiger partial charge in [0, 0.05) is 25.0 Å². The van der Waals surface area contributed by atoms with E-state index in [-0.39, 0.29) is 6.61 Å². The second-order valence-electron chi connectivity index (χ2n) is 7.59. The molecule has 1 aliphatic heterocycles. The smallest absolute Gasteiger partial charge is 0.330 e. The van der Waals surface area contributed by atoms with Crippen molar-refractivity contribution in [2.24, 2.45) is 0 Å². The zero-order valence-electron chi connectivity index (χ0n) is 17.7. The van der Waals surface area contributed by atoms with Crippen LogP contribution in [0, 0.1) is 6.92 Å². The standard InChI is InChI=1S/C21H34N2O6/c1-5-8-11-27-14-21(10-7-3)17(28-12-9-6-2)16(24)19(29-21)23-13-15(4)18(25)22-20(23)26/h7,13,16-17,19,24H,3,5-6,8-12,14H2,1-2,4H3,(H,22,25,26)/t16-,17?,19+,21+/m0/s1. The first kappa shape index (κ1) is 23.5. The molecule has 0 amide bonds. The number of H-pyrrole nitrogens is 1. The summed E-state index contributed by atoms with van der Waals surface area (Å²) in [5.74, 6) is 0. The Labute approximate surface area is 171 Å². The number of rotatable bonds is 12. The molecular formula is C21H34N2O6. The summed E-state index contributed by atoms with van der Waals surface area (Å²) in [5.41, 5.74) is -1.73. The largest absolute Gasteiger partial charge is 0.386 e. The third-order valence-corrected chi connectivity index (χ3v) is 5.17. The van der Waals surface area contributed by atoms with Gasteiger partial charge in [-0.2, -0.15) is 0 Å². The van der Waals surface area contributed by atoms with Crippen LogP contribution in [0.5, 0.6) is 0 Å². The molecule has 2 N–H and O–H groups in total. The fourth-order valence-electron chi connectivity index (χ4n) is 3.51. The van der Waals surface area contributed by atoms with Crippen LogP contribution in [0.1, 0.15) is 57.7 Å². The molecule has 8 nitrogen and oxygen atoms in total. The predicted molar refractivity (Wildman–Crippen MR) is 110 cm³/mol. The summed E-state index contributed by atoms with van der Waals surface area (Å²) in [6.07, 6.45) is 4.40. The molecule has 1 aromatic rings. The number of aromatic nitrogens is 2. The van der Waals surface area contributed by atoms with Crippen molar-refractivity contribution in [3.8, 4) is 0 Å². The molecule has 164 valence electrons. The first-order valence-electron chi connectivity index (χ1n) is 10.4. The molecule has 1 aromatic heterocycles. The lowest BCUT2D eigenvalue weighted by Crippen LogP contribution is -2.48. The number of nitrogens with zero attached hydrogens (tertiary/aromatic N) is 1. The predicted octanol–water partition coefficient (Wildman–Crippen LogP) is 2.05. The van der Waals surface area contributed by atoms with Gasteiger partial charge in [-0.25, -0.2) is 4.79 Å². The second kappa shape index (κ2) is 10.9. The van der Waals surface area contributed by atoms with E-state index in [0.717, 1.165) is 25.7 Å². The van der Waals surface area contributed by atoms with Crippen molar-refractivity contribution in [2.45, 2.75) is 76.9 Å². The molecule has 29 heavy (non-hydrogen) atoms. The van der Waals surface area contributed by atoms with E-state index in [1.54, 1.807) is 13.0 Å². The maximum Gasteiger partial charge on any atom is 0.330 e. The van der Waals surface area contributed by atoms with E-state index in [1.165, 1.54) is 10.8 Å². The van der Waals surface area contributed by atoms with Gasteiger partial charge in [0.15, 0.2) is 6.23 Å². The molecule has 1 fully saturated rings. The zero-order valence-corrected chi connectivity index (χ0v) is 17.7. The Morgan fingerprint density at radius 2 is 2.00 bits per heavy atom. The van der Waals surface area contributed by atoms with E-state index in [1.807, 2.05) is 0 Å². The van der Waals surface area contributed by atoms with Crippen LogP contribution in [-0.4, -0.2) is 52.3 Å². The van der Waals surface area contributed by atoms with Crippen molar-refractivity contribution in [3.05, 3.63) is 45.3 Å². The van der Waals surface area contributed by atoms with E-state index in [9.17, 15) is 14.7 Å². The van der Waals surface area contributed by atoms with Crippen molar-refractivity contribution < 1.29 is 19.3 Å². The van der Waals surface area contributed by atoms with Crippen LogP contribution >= 0.6 is 0 Å². The van der Waals surface area contributed by atoms with Gasteiger partial charge in [-0.3, -0.25) is 14.3 Å². The van der Waals surface area contributed by atoms with Gasteiger partial charge >= 0.3 is 5.69 Å². The van der Waals surface area contributed by atoms with Crippen LogP contribution in [0.25, 0.3) is 0 Å². The van der Waals surface area contributed by atoms with Gasteiger partial charge in [0.05, 0.1) is 6.61 Å². The highest BCUT2D eigenvalue weighted by atomic mass is 16.6. The first-order chi connectivity index (χ1) is 13.9. The van der Waals surface area contributed by atoms with Crippen molar-refractivity contribution in [1.29, 1.82) is 0 Å². The van der Waals surface area contributed by atoms with Crippen LogP contribution < -0.4 is 11.2 Å². The molecule has 1 saturated heterocycles. The quantitative estimate of drug-likeness (QED) is 0.404. The lowest BCUT2D eigenvalue weighted by molar-refractivity contribution is -0.151. The maximum absolute atomic E-state index is 12.4. The molecule has 1 aliphatic rings. The van der Waals surface area contributed by atoms with Crippen LogP contribution in [0.4, 0.5) is 0 Å². The molecule has 2 heterocycles. The van der Waals surface area contributed by atoms with Crippen LogP contribution in [0.15, 0.2) is 28.4 Å². The molecule has 0 saturated carbocycles. The van der Waals surface area contributed by atoms with Gasteiger partial charge in [0.1, 0.15) is 17.8 Å². The average Bonchev–Trinajstić information content (AvgIpc) is 2.95. The Balaban J connectivity index is 2.37. The van der Waals surface area contributed by atoms with Crippen LogP contribution in [-0.2, 0) is 14.2 Å². The number of nitrogens with one attached hydrogen (secondary N) is 1. The van der Waals surface area contributed by atoms with Crippen molar-refractivity contribution >= 4 is 0 Å². The van der Waals surface area contributed by atoms with Crippen molar-refractivity contribution in [1.82, 2.24) is 9.55 Å². The molecule has 0 aromatic carbocycles. The lowest BCUT2D eigenvalue weighted by Gasteiger charge is -2.33. The normalized spacial score (nSPS) is 26.7. The molecule has 0 bridgehead atoms. The molecule has 0 radical (unpaired) electrons. The van der Waals surface area contributed by atoms with Gasteiger partial charge in [-0.05, 0) is 26.2 Å². The van der Waals surface area contributed by atoms with Crippen molar-refractivity contribution in [2.75, 3.05) is 19.8 Å². The molecule has 1 unspecified atom stereocenters. The van der Waals surface area contributed by atoms with Crippen molar-refractivity contribution in [3.63, 3.8) is 0 Å². The number of aliphatic hydroxyl groups excluding tert-OH is 1. The van der Waals surface area contributed by atoms with Crippen LogP contribution in [0.2, 0.25) is 0 Å². The fraction of sp³-hybridized carbons (Fsp3) is 0.714. The molecule has 2 rings (SSSR count). The Kier molecular flexibility index (Phi) is 8.82. The van der Waals surface area contributed by atoms with E-state index in [4.69, 9.17) is 14.2 Å². The number of hydrogen-bond acceptors (Lipinski definition) is 6. The molecular weight excluding hydrogens is 376 g/mol. The molecule has 0 spiro atoms. The third kappa shape index (κ3) is 5.45. The van der Waals surface area contributed by atoms with Gasteiger partial charge in [-0.1, -0.05) is 32.8 Å². The highest BCUT2D eigenvalue weighted by molar-refractivity contribution is 5.08. The van der Waals surface area contributed by atoms with Gasteiger partial charge < -0.3 is 19.3 Å². The van der Waals surface area contributed by atoms with E-state index in [0.29, 0.717) is 25.2 Å². The summed E-state index contributed by atoms with van der Waals surface area (Å²) in [4.78, 5) is 26.4. The summed E-state index contributed by atoms with van der Waals surface area (Å²) in [7, 11) is 0. The van der Waals surface area contributed by atoms with E-state index in [2.05, 4.69) is 25.4 Å². The maximum atomic E-state index is 12.4. The number of aryl methyl sites for hydroxylation is 1. The minimum absolute atomic E-state index is 0.209. The summed E-state index contributed by atoms with van der Waals surface area (Å²) in [6, 6.07) is 0. The Morgan fingerprint density at radius 1 is 1.31 bits per heavy atom. The highest BCUT2D eigenvalue weighted by Crippen LogP contribution is 2.41. The number of ether oxygens (including phenoxy) is 3. The number of aliphatic hydroxyl groups is 1. The van der Waals surface area contributed by atoms with E-state index < -0.39 is 35.3 Å². The SMILES string of the molecule is C=CC[C@]1(COCCCC)O[C@@H](n2cc(C)c(=O)[nH]c2=O)[C@@H](O)C1OCCCC. The summed E-state index contributed by atoms with van der Waals surface area (Å²) in [5, 5.41) is 11.1. The van der Waals surface area contributed by atoms with Gasteiger partial charge in [-0.15, -0.1) is 6.58 Å². The lowest BCUT2D eigenvalue weighted by atomic mass is 9.92. The fourth-order valence-corrected chi connectivity index (χ4v) is 3.51. The average molecular weight is 411 g/mol. The number of hydrogen-bond donors (Lipinski definition) is 2.